The molecule has 0 aliphatic rings. The number of carbonyl (C=O) groups excluding carboxylic acids is 1. The Labute approximate surface area is 150 Å². The Morgan fingerprint density at radius 1 is 1.27 bits per heavy atom. The summed E-state index contributed by atoms with van der Waals surface area (Å²) in [5.41, 5.74) is 7.41. The number of aliphatic hydroxyl groups is 1. The van der Waals surface area contributed by atoms with Crippen LogP contribution in [0.15, 0.2) is 48.5 Å². The van der Waals surface area contributed by atoms with E-state index in [-0.39, 0.29) is 13.2 Å². The number of aliphatic hydroxyl groups excluding tert-OH is 1. The summed E-state index contributed by atoms with van der Waals surface area (Å²) in [4.78, 5) is 12.4. The molecule has 1 heterocycles. The molecule has 26 heavy (non-hydrogen) atoms. The largest absolute Gasteiger partial charge is 0.491 e. The molecule has 0 spiro atoms. The van der Waals surface area contributed by atoms with Gasteiger partial charge in [0, 0.05) is 11.1 Å². The first-order valence-corrected chi connectivity index (χ1v) is 8.07. The van der Waals surface area contributed by atoms with Crippen LogP contribution >= 0.6 is 0 Å². The van der Waals surface area contributed by atoms with Crippen molar-refractivity contribution in [3.05, 3.63) is 59.7 Å². The summed E-state index contributed by atoms with van der Waals surface area (Å²) in [7, 11) is 0. The first-order valence-electron chi connectivity index (χ1n) is 8.07. The molecule has 0 radical (unpaired) electrons. The van der Waals surface area contributed by atoms with E-state index in [0.717, 1.165) is 5.56 Å². The van der Waals surface area contributed by atoms with Gasteiger partial charge < -0.3 is 15.6 Å². The minimum atomic E-state index is -0.783. The first-order chi connectivity index (χ1) is 12.5. The van der Waals surface area contributed by atoms with E-state index in [1.165, 1.54) is 4.80 Å². The van der Waals surface area contributed by atoms with Gasteiger partial charge in [0.2, 0.25) is 11.7 Å². The number of hydrogen-bond donors (Lipinski definition) is 2. The van der Waals surface area contributed by atoms with Crippen LogP contribution in [-0.2, 0) is 6.54 Å². The third-order valence-electron chi connectivity index (χ3n) is 3.69. The van der Waals surface area contributed by atoms with Gasteiger partial charge in [0.25, 0.3) is 0 Å². The normalized spacial score (nSPS) is 11.9. The van der Waals surface area contributed by atoms with Crippen LogP contribution in [0.1, 0.15) is 15.9 Å². The molecule has 3 rings (SSSR count). The lowest BCUT2D eigenvalue weighted by atomic mass is 10.1. The van der Waals surface area contributed by atoms with Gasteiger partial charge in [0.1, 0.15) is 18.5 Å². The number of aromatic nitrogens is 4. The number of primary amides is 1. The zero-order chi connectivity index (χ0) is 18.5. The molecule has 1 amide bonds. The molecule has 3 aromatic rings. The molecule has 8 heteroatoms. The van der Waals surface area contributed by atoms with E-state index in [4.69, 9.17) is 10.5 Å². The number of nitrogens with two attached hydrogens (primary N) is 1. The average Bonchev–Trinajstić information content (AvgIpc) is 3.08. The average molecular weight is 353 g/mol. The Bertz CT molecular complexity index is 892. The Hall–Kier alpha value is -3.26. The highest BCUT2D eigenvalue weighted by atomic mass is 16.5. The number of rotatable bonds is 7. The van der Waals surface area contributed by atoms with Gasteiger partial charge in [0.05, 0.1) is 6.54 Å². The Balaban J connectivity index is 1.58. The van der Waals surface area contributed by atoms with E-state index >= 15 is 0 Å². The predicted molar refractivity (Wildman–Crippen MR) is 94.5 cm³/mol. The highest BCUT2D eigenvalue weighted by Gasteiger charge is 2.12. The van der Waals surface area contributed by atoms with Crippen molar-refractivity contribution in [2.45, 2.75) is 19.6 Å². The lowest BCUT2D eigenvalue weighted by molar-refractivity contribution is 0.0849. The predicted octanol–water partition coefficient (Wildman–Crippen LogP) is 1.19. The second kappa shape index (κ2) is 7.75. The summed E-state index contributed by atoms with van der Waals surface area (Å²) in [6.45, 7) is 2.24. The zero-order valence-corrected chi connectivity index (χ0v) is 14.2. The molecule has 0 saturated heterocycles. The zero-order valence-electron chi connectivity index (χ0n) is 14.2. The minimum Gasteiger partial charge on any atom is -0.491 e. The summed E-state index contributed by atoms with van der Waals surface area (Å²) < 4.78 is 5.56. The molecule has 0 bridgehead atoms. The number of ether oxygens (including phenoxy) is 1. The molecule has 134 valence electrons. The van der Waals surface area contributed by atoms with Gasteiger partial charge in [0.15, 0.2) is 0 Å². The number of nitrogens with zero attached hydrogens (tertiary/aromatic N) is 4. The van der Waals surface area contributed by atoms with Crippen LogP contribution in [-0.4, -0.2) is 43.9 Å². The lowest BCUT2D eigenvalue weighted by Gasteiger charge is -2.11. The van der Waals surface area contributed by atoms with E-state index in [1.54, 1.807) is 24.3 Å². The summed E-state index contributed by atoms with van der Waals surface area (Å²) >= 11 is 0. The van der Waals surface area contributed by atoms with E-state index < -0.39 is 12.0 Å². The van der Waals surface area contributed by atoms with E-state index in [1.807, 2.05) is 31.2 Å². The summed E-state index contributed by atoms with van der Waals surface area (Å²) in [5.74, 6) is 0.601. The smallest absolute Gasteiger partial charge is 0.248 e. The SMILES string of the molecule is Cc1cccc(OC[C@H](O)Cn2nnc(-c3ccc(C(N)=O)cc3)n2)c1. The van der Waals surface area contributed by atoms with Crippen molar-refractivity contribution in [3.8, 4) is 17.1 Å². The molecule has 0 aliphatic heterocycles. The lowest BCUT2D eigenvalue weighted by Crippen LogP contribution is -2.25. The maximum Gasteiger partial charge on any atom is 0.248 e. The number of aryl methyl sites for hydroxylation is 1. The third kappa shape index (κ3) is 4.42. The molecule has 2 aromatic carbocycles. The van der Waals surface area contributed by atoms with Gasteiger partial charge in [-0.3, -0.25) is 4.79 Å². The fourth-order valence-corrected chi connectivity index (χ4v) is 2.36. The molecule has 1 atom stereocenters. The van der Waals surface area contributed by atoms with Crippen LogP contribution in [0.25, 0.3) is 11.4 Å². The molecule has 3 N–H and O–H groups in total. The fraction of sp³-hybridized carbons (Fsp3) is 0.222. The maximum atomic E-state index is 11.1. The van der Waals surface area contributed by atoms with Gasteiger partial charge >= 0.3 is 0 Å². The highest BCUT2D eigenvalue weighted by molar-refractivity contribution is 5.93. The van der Waals surface area contributed by atoms with Crippen molar-refractivity contribution < 1.29 is 14.6 Å². The van der Waals surface area contributed by atoms with Crippen molar-refractivity contribution in [1.82, 2.24) is 20.2 Å². The monoisotopic (exact) mass is 353 g/mol. The number of tetrazole rings is 1. The van der Waals surface area contributed by atoms with E-state index in [0.29, 0.717) is 22.7 Å². The Morgan fingerprint density at radius 3 is 2.73 bits per heavy atom. The van der Waals surface area contributed by atoms with Crippen LogP contribution < -0.4 is 10.5 Å². The summed E-state index contributed by atoms with van der Waals surface area (Å²) in [5, 5.41) is 22.2. The van der Waals surface area contributed by atoms with Crippen LogP contribution in [0.2, 0.25) is 0 Å². The number of benzene rings is 2. The topological polar surface area (TPSA) is 116 Å². The van der Waals surface area contributed by atoms with Crippen LogP contribution in [0, 0.1) is 6.92 Å². The maximum absolute atomic E-state index is 11.1. The van der Waals surface area contributed by atoms with Gasteiger partial charge in [-0.15, -0.1) is 10.2 Å². The molecule has 1 aromatic heterocycles. The van der Waals surface area contributed by atoms with Crippen molar-refractivity contribution in [1.29, 1.82) is 0 Å². The molecule has 0 unspecified atom stereocenters. The molecule has 0 fully saturated rings. The minimum absolute atomic E-state index is 0.119. The van der Waals surface area contributed by atoms with Gasteiger partial charge in [-0.2, -0.15) is 4.80 Å². The molecule has 0 aliphatic carbocycles. The van der Waals surface area contributed by atoms with Crippen molar-refractivity contribution in [2.24, 2.45) is 5.73 Å². The summed E-state index contributed by atoms with van der Waals surface area (Å²) in [6.07, 6.45) is -0.783. The Morgan fingerprint density at radius 2 is 2.04 bits per heavy atom. The van der Waals surface area contributed by atoms with Crippen LogP contribution in [0.3, 0.4) is 0 Å². The molecule has 8 nitrogen and oxygen atoms in total. The van der Waals surface area contributed by atoms with Crippen molar-refractivity contribution >= 4 is 5.91 Å². The second-order valence-corrected chi connectivity index (χ2v) is 5.89. The molecular formula is C18H19N5O3. The van der Waals surface area contributed by atoms with Gasteiger partial charge in [-0.25, -0.2) is 0 Å². The molecular weight excluding hydrogens is 334 g/mol. The standard InChI is InChI=1S/C18H19N5O3/c1-12-3-2-4-16(9-12)26-11-15(24)10-23-21-18(20-22-23)14-7-5-13(6-8-14)17(19)25/h2-9,15,24H,10-11H2,1H3,(H2,19,25)/t15-/m1/s1. The van der Waals surface area contributed by atoms with E-state index in [9.17, 15) is 9.90 Å². The van der Waals surface area contributed by atoms with Gasteiger partial charge in [-0.1, -0.05) is 24.3 Å². The van der Waals surface area contributed by atoms with Crippen molar-refractivity contribution in [2.75, 3.05) is 6.61 Å². The quantitative estimate of drug-likeness (QED) is 0.659. The summed E-state index contributed by atoms with van der Waals surface area (Å²) in [6, 6.07) is 14.2. The number of hydrogen-bond acceptors (Lipinski definition) is 6. The van der Waals surface area contributed by atoms with Crippen LogP contribution in [0.5, 0.6) is 5.75 Å². The second-order valence-electron chi connectivity index (χ2n) is 5.89. The number of carbonyl (C=O) groups is 1. The van der Waals surface area contributed by atoms with E-state index in [2.05, 4.69) is 15.4 Å². The van der Waals surface area contributed by atoms with Crippen molar-refractivity contribution in [3.63, 3.8) is 0 Å². The molecule has 0 saturated carbocycles. The first kappa shape index (κ1) is 17.6. The van der Waals surface area contributed by atoms with Gasteiger partial charge in [-0.05, 0) is 42.0 Å². The van der Waals surface area contributed by atoms with Crippen LogP contribution in [0.4, 0.5) is 0 Å². The number of amides is 1. The Kier molecular flexibility index (Phi) is 5.23. The highest BCUT2D eigenvalue weighted by Crippen LogP contribution is 2.15. The fourth-order valence-electron chi connectivity index (χ4n) is 2.36. The third-order valence-corrected chi connectivity index (χ3v) is 3.69.